The van der Waals surface area contributed by atoms with Gasteiger partial charge in [-0.1, -0.05) is 30.3 Å². The first kappa shape index (κ1) is 50.4. The van der Waals surface area contributed by atoms with E-state index in [1.807, 2.05) is 0 Å². The van der Waals surface area contributed by atoms with E-state index in [1.165, 1.54) is 30.3 Å². The van der Waals surface area contributed by atoms with Crippen LogP contribution >= 0.6 is 0 Å². The normalized spacial score (nSPS) is 11.1. The summed E-state index contributed by atoms with van der Waals surface area (Å²) >= 11 is 0. The Morgan fingerprint density at radius 1 is 0.519 bits per heavy atom. The zero-order chi connectivity index (χ0) is 36.8. The van der Waals surface area contributed by atoms with Crippen LogP contribution in [0.1, 0.15) is 11.1 Å². The molecule has 0 radical (unpaired) electrons. The summed E-state index contributed by atoms with van der Waals surface area (Å²) in [4.78, 5) is 25.1. The summed E-state index contributed by atoms with van der Waals surface area (Å²) in [5.74, 6) is -2.11. The smallest absolute Gasteiger partial charge is 0.744 e. The van der Waals surface area contributed by atoms with Crippen LogP contribution in [0.5, 0.6) is 0 Å². The Labute approximate surface area is 348 Å². The molecule has 0 aliphatic carbocycles. The summed E-state index contributed by atoms with van der Waals surface area (Å²) in [7, 11) is -6.45. The molecule has 20 heteroatoms. The van der Waals surface area contributed by atoms with Crippen molar-refractivity contribution in [2.75, 3.05) is 93.5 Å². The van der Waals surface area contributed by atoms with E-state index in [2.05, 4.69) is 0 Å². The van der Waals surface area contributed by atoms with Crippen LogP contribution in [-0.2, 0) is 67.7 Å². The molecule has 0 heterocycles. The molecule has 2 aromatic rings. The van der Waals surface area contributed by atoms with Gasteiger partial charge < -0.3 is 47.0 Å². The molecule has 0 unspecified atom stereocenters. The van der Waals surface area contributed by atoms with Crippen molar-refractivity contribution in [1.29, 1.82) is 0 Å². The Bertz CT molecular complexity index is 1500. The molecule has 2 rings (SSSR count). The average molecular weight is 791 g/mol. The summed E-state index contributed by atoms with van der Waals surface area (Å²) in [5, 5.41) is 0. The number of allylic oxidation sites excluding steroid dienone is 2. The van der Waals surface area contributed by atoms with Crippen molar-refractivity contribution in [2.45, 2.75) is 9.79 Å². The van der Waals surface area contributed by atoms with Crippen LogP contribution in [-0.4, -0.2) is 131 Å². The molecule has 0 aliphatic rings. The number of ether oxygens (including phenoxy) is 8. The maximum absolute atomic E-state index is 13.1. The topological polar surface area (TPSA) is 222 Å². The molecule has 0 atom stereocenters. The second kappa shape index (κ2) is 27.9. The molecule has 16 nitrogen and oxygen atoms in total. The number of hydrogen-bond donors (Lipinski definition) is 0. The Kier molecular flexibility index (Phi) is 27.1. The Hall–Kier alpha value is -1.56. The minimum atomic E-state index is -4.77. The van der Waals surface area contributed by atoms with Gasteiger partial charge in [-0.05, 0) is 47.0 Å². The first-order valence-corrected chi connectivity index (χ1v) is 17.9. The third-order valence-electron chi connectivity index (χ3n) is 6.29. The average Bonchev–Trinajstić information content (AvgIpc) is 3.08. The number of hydrogen-bond acceptors (Lipinski definition) is 16. The molecule has 0 saturated carbocycles. The molecule has 0 spiro atoms. The van der Waals surface area contributed by atoms with Crippen LogP contribution in [0.15, 0.2) is 76.0 Å². The molecule has 52 heavy (non-hydrogen) atoms. The minimum absolute atomic E-state index is 0. The van der Waals surface area contributed by atoms with E-state index in [0.29, 0.717) is 37.6 Å². The monoisotopic (exact) mass is 790 g/mol. The molecule has 0 amide bonds. The van der Waals surface area contributed by atoms with E-state index in [4.69, 9.17) is 37.9 Å². The van der Waals surface area contributed by atoms with Crippen molar-refractivity contribution in [3.63, 3.8) is 0 Å². The van der Waals surface area contributed by atoms with E-state index >= 15 is 0 Å². The van der Waals surface area contributed by atoms with Crippen molar-refractivity contribution in [2.24, 2.45) is 0 Å². The zero-order valence-corrected chi connectivity index (χ0v) is 35.2. The SMILES string of the molecule is COCCOCCOCCOC(=O)C(=CC=C(c1ccc(S(=O)(=O)[O-])cc1)c1ccc(S(=O)(=O)[O-])cc1)C(=O)OCCOCCOCCOC.[Na+].[Na+]. The van der Waals surface area contributed by atoms with Gasteiger partial charge in [0.1, 0.15) is 39.0 Å². The quantitative estimate of drug-likeness (QED) is 0.0135. The van der Waals surface area contributed by atoms with Crippen LogP contribution in [0.3, 0.4) is 0 Å². The molecular formula is C32H40Na2O16S2. The predicted octanol–water partition coefficient (Wildman–Crippen LogP) is -4.69. The first-order valence-electron chi connectivity index (χ1n) is 15.1. The van der Waals surface area contributed by atoms with E-state index in [9.17, 15) is 35.5 Å². The number of benzene rings is 2. The van der Waals surface area contributed by atoms with E-state index in [0.717, 1.165) is 30.3 Å². The van der Waals surface area contributed by atoms with Gasteiger partial charge >= 0.3 is 71.1 Å². The molecular weight excluding hydrogens is 750 g/mol. The zero-order valence-electron chi connectivity index (χ0n) is 29.6. The van der Waals surface area contributed by atoms with Crippen molar-refractivity contribution >= 4 is 37.7 Å². The Morgan fingerprint density at radius 2 is 0.827 bits per heavy atom. The molecule has 2 aromatic carbocycles. The first-order chi connectivity index (χ1) is 23.9. The van der Waals surface area contributed by atoms with E-state index < -0.39 is 47.5 Å². The fraction of sp³-hybridized carbons (Fsp3) is 0.438. The standard InChI is InChI=1S/C32H42O16S2.2Na/c1-41-13-15-43-17-19-45-21-23-47-31(33)30(32(34)48-24-22-46-20-18-44-16-14-42-2)12-11-29(25-3-7-27(8-4-25)49(35,36)37)26-5-9-28(10-6-26)50(38,39)40;;/h3-12H,13-24H2,1-2H3,(H,35,36,37)(H,38,39,40);;/q;2*+1/p-2. The Balaban J connectivity index is 0.0000130. The van der Waals surface area contributed by atoms with Crippen LogP contribution in [0, 0.1) is 0 Å². The maximum atomic E-state index is 13.1. The van der Waals surface area contributed by atoms with Gasteiger partial charge in [0.25, 0.3) is 0 Å². The van der Waals surface area contributed by atoms with Gasteiger partial charge in [-0.15, -0.1) is 0 Å². The van der Waals surface area contributed by atoms with Gasteiger partial charge in [0.2, 0.25) is 0 Å². The summed E-state index contributed by atoms with van der Waals surface area (Å²) in [5.41, 5.74) is 0.302. The Morgan fingerprint density at radius 3 is 1.13 bits per heavy atom. The largest absolute Gasteiger partial charge is 1.00 e. The molecule has 0 saturated heterocycles. The number of rotatable bonds is 25. The van der Waals surface area contributed by atoms with Gasteiger partial charge in [-0.25, -0.2) is 26.4 Å². The van der Waals surface area contributed by atoms with Crippen molar-refractivity contribution < 1.29 is 133 Å². The van der Waals surface area contributed by atoms with E-state index in [1.54, 1.807) is 14.2 Å². The molecule has 0 fully saturated rings. The minimum Gasteiger partial charge on any atom is -0.744 e. The number of carbonyl (C=O) groups excluding carboxylic acids is 2. The fourth-order valence-corrected chi connectivity index (χ4v) is 4.76. The van der Waals surface area contributed by atoms with Gasteiger partial charge in [0.15, 0.2) is 0 Å². The van der Waals surface area contributed by atoms with E-state index in [-0.39, 0.29) is 118 Å². The van der Waals surface area contributed by atoms with Crippen molar-refractivity contribution in [3.05, 3.63) is 77.4 Å². The molecule has 0 aliphatic heterocycles. The molecule has 0 N–H and O–H groups in total. The van der Waals surface area contributed by atoms with Crippen LogP contribution in [0.2, 0.25) is 0 Å². The number of carbonyl (C=O) groups is 2. The van der Waals surface area contributed by atoms with Crippen LogP contribution in [0.4, 0.5) is 0 Å². The second-order valence-electron chi connectivity index (χ2n) is 9.82. The molecule has 278 valence electrons. The van der Waals surface area contributed by atoms with Gasteiger partial charge in [-0.2, -0.15) is 0 Å². The number of methoxy groups -OCH3 is 2. The summed E-state index contributed by atoms with van der Waals surface area (Å²) < 4.78 is 110. The third kappa shape index (κ3) is 20.2. The third-order valence-corrected chi connectivity index (χ3v) is 7.99. The van der Waals surface area contributed by atoms with Crippen molar-refractivity contribution in [1.82, 2.24) is 0 Å². The van der Waals surface area contributed by atoms with Crippen molar-refractivity contribution in [3.8, 4) is 0 Å². The summed E-state index contributed by atoms with van der Waals surface area (Å²) in [6.07, 6.45) is 2.41. The number of esters is 2. The molecule has 0 aromatic heterocycles. The van der Waals surface area contributed by atoms with Crippen LogP contribution < -0.4 is 59.1 Å². The maximum Gasteiger partial charge on any atom is 1.00 e. The molecule has 0 bridgehead atoms. The van der Waals surface area contributed by atoms with Gasteiger partial charge in [0, 0.05) is 14.2 Å². The van der Waals surface area contributed by atoms with Gasteiger partial charge in [-0.3, -0.25) is 0 Å². The van der Waals surface area contributed by atoms with Crippen LogP contribution in [0.25, 0.3) is 5.57 Å². The van der Waals surface area contributed by atoms with Gasteiger partial charge in [0.05, 0.1) is 75.9 Å². The predicted molar refractivity (Wildman–Crippen MR) is 173 cm³/mol. The summed E-state index contributed by atoms with van der Waals surface area (Å²) in [6, 6.07) is 9.41. The second-order valence-corrected chi connectivity index (χ2v) is 12.6. The summed E-state index contributed by atoms with van der Waals surface area (Å²) in [6.45, 7) is 2.17. The fourth-order valence-electron chi connectivity index (χ4n) is 3.82.